The molecule has 1 aliphatic carbocycles. The fourth-order valence-corrected chi connectivity index (χ4v) is 4.12. The van der Waals surface area contributed by atoms with E-state index in [9.17, 15) is 10.2 Å². The van der Waals surface area contributed by atoms with Crippen LogP contribution in [-0.4, -0.2) is 27.5 Å². The Hall–Kier alpha value is -3.73. The molecule has 4 rings (SSSR count). The van der Waals surface area contributed by atoms with E-state index >= 15 is 0 Å². The molecule has 0 aliphatic heterocycles. The number of phenolic OH excluding ortho intramolecular Hbond substituents is 2. The van der Waals surface area contributed by atoms with Crippen molar-refractivity contribution in [2.75, 3.05) is 7.11 Å². The minimum atomic E-state index is -0.305. The van der Waals surface area contributed by atoms with Gasteiger partial charge in [0.15, 0.2) is 0 Å². The van der Waals surface area contributed by atoms with Gasteiger partial charge in [0.25, 0.3) is 0 Å². The van der Waals surface area contributed by atoms with Gasteiger partial charge in [0.2, 0.25) is 0 Å². The van der Waals surface area contributed by atoms with E-state index in [4.69, 9.17) is 4.74 Å². The van der Waals surface area contributed by atoms with Crippen LogP contribution in [0.5, 0.6) is 17.2 Å². The number of aromatic nitrogens is 2. The van der Waals surface area contributed by atoms with Gasteiger partial charge in [-0.15, -0.1) is 0 Å². The predicted octanol–water partition coefficient (Wildman–Crippen LogP) is 5.83. The molecule has 0 radical (unpaired) electrons. The maximum atomic E-state index is 10.6. The van der Waals surface area contributed by atoms with Crippen LogP contribution in [0, 0.1) is 6.92 Å². The molecule has 1 heterocycles. The van der Waals surface area contributed by atoms with Crippen LogP contribution >= 0.6 is 0 Å². The number of methoxy groups -OCH3 is 1. The van der Waals surface area contributed by atoms with Crippen molar-refractivity contribution in [3.05, 3.63) is 89.2 Å². The highest BCUT2D eigenvalue weighted by Crippen LogP contribution is 2.40. The quantitative estimate of drug-likeness (QED) is 0.477. The lowest BCUT2D eigenvalue weighted by molar-refractivity contribution is 0.413. The van der Waals surface area contributed by atoms with Crippen molar-refractivity contribution < 1.29 is 14.9 Å². The molecule has 5 heteroatoms. The summed E-state index contributed by atoms with van der Waals surface area (Å²) in [6.45, 7) is 6.09. The number of hydrogen-bond donors (Lipinski definition) is 3. The Bertz CT molecular complexity index is 1250. The van der Waals surface area contributed by atoms with Gasteiger partial charge < -0.3 is 14.9 Å². The van der Waals surface area contributed by atoms with Gasteiger partial charge in [0.05, 0.1) is 7.11 Å². The van der Waals surface area contributed by atoms with Crippen LogP contribution < -0.4 is 4.74 Å². The summed E-state index contributed by atoms with van der Waals surface area (Å²) in [4.78, 5) is 0. The maximum Gasteiger partial charge on any atom is 0.128 e. The Morgan fingerprint density at radius 2 is 1.91 bits per heavy atom. The van der Waals surface area contributed by atoms with Crippen molar-refractivity contribution in [1.29, 1.82) is 0 Å². The van der Waals surface area contributed by atoms with Gasteiger partial charge in [-0.3, -0.25) is 5.10 Å². The first-order chi connectivity index (χ1) is 15.4. The molecule has 0 saturated carbocycles. The van der Waals surface area contributed by atoms with Crippen LogP contribution in [0.15, 0.2) is 66.8 Å². The van der Waals surface area contributed by atoms with E-state index < -0.39 is 0 Å². The van der Waals surface area contributed by atoms with Gasteiger partial charge in [-0.05, 0) is 55.2 Å². The molecule has 32 heavy (non-hydrogen) atoms. The SMILES string of the molecule is CCc1cc(-c2n[nH]c(C)c2C2=CC=CC(C)(c3cccc(OC)c3)C=C2)c(O)cc1O. The van der Waals surface area contributed by atoms with E-state index in [1.54, 1.807) is 13.2 Å². The summed E-state index contributed by atoms with van der Waals surface area (Å²) in [5.41, 5.74) is 5.65. The first-order valence-electron chi connectivity index (χ1n) is 10.7. The number of nitrogens with zero attached hydrogens (tertiary/aromatic N) is 1. The van der Waals surface area contributed by atoms with Crippen molar-refractivity contribution in [1.82, 2.24) is 10.2 Å². The molecule has 0 bridgehead atoms. The number of aromatic amines is 1. The zero-order valence-corrected chi connectivity index (χ0v) is 18.8. The highest BCUT2D eigenvalue weighted by atomic mass is 16.5. The molecule has 1 aliphatic rings. The Morgan fingerprint density at radius 1 is 1.09 bits per heavy atom. The standard InChI is InChI=1S/C27H28N2O3/c1-5-18-14-22(24(31)16-23(18)30)26-25(17(2)28-29-26)19-8-7-12-27(3,13-11-19)20-9-6-10-21(15-20)32-4/h6-16,30-31H,5H2,1-4H3,(H,28,29). The molecular weight excluding hydrogens is 400 g/mol. The maximum absolute atomic E-state index is 10.6. The van der Waals surface area contributed by atoms with Crippen molar-refractivity contribution in [2.45, 2.75) is 32.6 Å². The average molecular weight is 429 g/mol. The van der Waals surface area contributed by atoms with Gasteiger partial charge in [-0.2, -0.15) is 5.10 Å². The third kappa shape index (κ3) is 3.82. The Balaban J connectivity index is 1.77. The van der Waals surface area contributed by atoms with Gasteiger partial charge in [-0.25, -0.2) is 0 Å². The molecule has 5 nitrogen and oxygen atoms in total. The number of nitrogens with one attached hydrogen (secondary N) is 1. The first-order valence-corrected chi connectivity index (χ1v) is 10.7. The minimum absolute atomic E-state index is 0.00223. The number of hydrogen-bond acceptors (Lipinski definition) is 4. The predicted molar refractivity (Wildman–Crippen MR) is 128 cm³/mol. The summed E-state index contributed by atoms with van der Waals surface area (Å²) in [7, 11) is 1.67. The van der Waals surface area contributed by atoms with Gasteiger partial charge in [0.1, 0.15) is 22.9 Å². The van der Waals surface area contributed by atoms with Crippen LogP contribution in [0.1, 0.15) is 36.2 Å². The third-order valence-electron chi connectivity index (χ3n) is 6.09. The lowest BCUT2D eigenvalue weighted by Crippen LogP contribution is -2.15. The van der Waals surface area contributed by atoms with E-state index in [-0.39, 0.29) is 16.9 Å². The third-order valence-corrected chi connectivity index (χ3v) is 6.09. The first kappa shape index (κ1) is 21.5. The molecule has 0 amide bonds. The van der Waals surface area contributed by atoms with E-state index in [0.29, 0.717) is 17.7 Å². The second-order valence-electron chi connectivity index (χ2n) is 8.25. The second kappa shape index (κ2) is 8.42. The molecule has 2 aromatic carbocycles. The minimum Gasteiger partial charge on any atom is -0.508 e. The molecule has 3 aromatic rings. The van der Waals surface area contributed by atoms with Crippen LogP contribution in [-0.2, 0) is 11.8 Å². The molecule has 3 N–H and O–H groups in total. The lowest BCUT2D eigenvalue weighted by Gasteiger charge is -2.22. The summed E-state index contributed by atoms with van der Waals surface area (Å²) in [6, 6.07) is 11.3. The topological polar surface area (TPSA) is 78.4 Å². The molecule has 1 atom stereocenters. The number of aromatic hydroxyl groups is 2. The van der Waals surface area contributed by atoms with Crippen molar-refractivity contribution in [3.63, 3.8) is 0 Å². The van der Waals surface area contributed by atoms with Crippen molar-refractivity contribution in [3.8, 4) is 28.5 Å². The second-order valence-corrected chi connectivity index (χ2v) is 8.25. The molecule has 0 saturated heterocycles. The van der Waals surface area contributed by atoms with Crippen LogP contribution in [0.3, 0.4) is 0 Å². The fraction of sp³-hybridized carbons (Fsp3) is 0.222. The molecule has 0 fully saturated rings. The van der Waals surface area contributed by atoms with Gasteiger partial charge in [0, 0.05) is 28.3 Å². The number of H-pyrrole nitrogens is 1. The molecule has 1 unspecified atom stereocenters. The Labute approximate surface area is 188 Å². The summed E-state index contributed by atoms with van der Waals surface area (Å²) >= 11 is 0. The smallest absolute Gasteiger partial charge is 0.128 e. The zero-order chi connectivity index (χ0) is 22.9. The normalized spacial score (nSPS) is 17.8. The highest BCUT2D eigenvalue weighted by Gasteiger charge is 2.24. The molecular formula is C27H28N2O3. The summed E-state index contributed by atoms with van der Waals surface area (Å²) in [5.74, 6) is 0.918. The number of phenols is 2. The molecule has 0 spiro atoms. The summed E-state index contributed by atoms with van der Waals surface area (Å²) in [6.07, 6.45) is 11.2. The highest BCUT2D eigenvalue weighted by molar-refractivity contribution is 5.88. The van der Waals surface area contributed by atoms with Crippen molar-refractivity contribution in [2.24, 2.45) is 0 Å². The Morgan fingerprint density at radius 3 is 2.66 bits per heavy atom. The Kier molecular flexibility index (Phi) is 5.66. The van der Waals surface area contributed by atoms with E-state index in [2.05, 4.69) is 59.6 Å². The summed E-state index contributed by atoms with van der Waals surface area (Å²) < 4.78 is 5.41. The summed E-state index contributed by atoms with van der Waals surface area (Å²) in [5, 5.41) is 28.2. The fourth-order valence-electron chi connectivity index (χ4n) is 4.12. The van der Waals surface area contributed by atoms with E-state index in [1.165, 1.54) is 6.07 Å². The van der Waals surface area contributed by atoms with E-state index in [1.807, 2.05) is 26.0 Å². The number of allylic oxidation sites excluding steroid dienone is 6. The average Bonchev–Trinajstić information content (AvgIpc) is 3.05. The lowest BCUT2D eigenvalue weighted by atomic mass is 9.82. The molecule has 1 aromatic heterocycles. The van der Waals surface area contributed by atoms with Crippen LogP contribution in [0.2, 0.25) is 0 Å². The largest absolute Gasteiger partial charge is 0.508 e. The van der Waals surface area contributed by atoms with E-state index in [0.717, 1.165) is 33.7 Å². The molecule has 164 valence electrons. The van der Waals surface area contributed by atoms with Crippen LogP contribution in [0.4, 0.5) is 0 Å². The number of rotatable bonds is 5. The zero-order valence-electron chi connectivity index (χ0n) is 18.8. The number of benzene rings is 2. The van der Waals surface area contributed by atoms with Crippen molar-refractivity contribution >= 4 is 5.57 Å². The van der Waals surface area contributed by atoms with Gasteiger partial charge in [-0.1, -0.05) is 49.4 Å². The number of ether oxygens (including phenoxy) is 1. The van der Waals surface area contributed by atoms with Crippen LogP contribution in [0.25, 0.3) is 16.8 Å². The van der Waals surface area contributed by atoms with Gasteiger partial charge >= 0.3 is 0 Å². The monoisotopic (exact) mass is 428 g/mol. The number of aryl methyl sites for hydroxylation is 2.